The Labute approximate surface area is 122 Å². The molecule has 21 heavy (non-hydrogen) atoms. The zero-order valence-corrected chi connectivity index (χ0v) is 11.7. The number of rotatable bonds is 5. The van der Waals surface area contributed by atoms with Gasteiger partial charge in [0, 0.05) is 11.6 Å². The molecule has 1 unspecified atom stereocenters. The van der Waals surface area contributed by atoms with E-state index >= 15 is 0 Å². The van der Waals surface area contributed by atoms with Gasteiger partial charge in [0.05, 0.1) is 19.8 Å². The van der Waals surface area contributed by atoms with Crippen molar-refractivity contribution in [3.63, 3.8) is 0 Å². The topological polar surface area (TPSA) is 76.0 Å². The second-order valence-corrected chi connectivity index (χ2v) is 4.39. The minimum atomic E-state index is -1.43. The van der Waals surface area contributed by atoms with Crippen LogP contribution in [0.3, 0.4) is 0 Å². The number of phenolic OH excluding ortho intramolecular Hbond substituents is 1. The van der Waals surface area contributed by atoms with Gasteiger partial charge in [-0.25, -0.2) is 0 Å². The summed E-state index contributed by atoms with van der Waals surface area (Å²) in [6, 6.07) is 10.8. The van der Waals surface area contributed by atoms with Gasteiger partial charge in [0.25, 0.3) is 0 Å². The van der Waals surface area contributed by atoms with Gasteiger partial charge in [0.15, 0.2) is 5.78 Å². The predicted octanol–water partition coefficient (Wildman–Crippen LogP) is 2.33. The molecule has 5 nitrogen and oxygen atoms in total. The number of methoxy groups -OCH3 is 2. The van der Waals surface area contributed by atoms with Gasteiger partial charge < -0.3 is 19.7 Å². The van der Waals surface area contributed by atoms with E-state index < -0.39 is 11.9 Å². The number of carbonyl (C=O) groups excluding carboxylic acids is 1. The molecule has 0 spiro atoms. The van der Waals surface area contributed by atoms with E-state index in [2.05, 4.69) is 0 Å². The maximum atomic E-state index is 12.3. The number of ether oxygens (including phenoxy) is 2. The van der Waals surface area contributed by atoms with Crippen LogP contribution in [0.25, 0.3) is 0 Å². The molecule has 0 aliphatic rings. The summed E-state index contributed by atoms with van der Waals surface area (Å²) >= 11 is 0. The number of hydrogen-bond donors (Lipinski definition) is 2. The Hall–Kier alpha value is -2.53. The SMILES string of the molecule is COc1ccc(C(O)C(=O)c2ccccc2O)c(OC)c1. The van der Waals surface area contributed by atoms with Gasteiger partial charge in [0.1, 0.15) is 23.4 Å². The first-order valence-corrected chi connectivity index (χ1v) is 6.30. The Morgan fingerprint density at radius 2 is 1.81 bits per heavy atom. The normalized spacial score (nSPS) is 11.8. The molecular formula is C16H16O5. The third-order valence-electron chi connectivity index (χ3n) is 3.15. The number of aliphatic hydroxyl groups is 1. The number of aromatic hydroxyl groups is 1. The molecule has 5 heteroatoms. The molecule has 110 valence electrons. The van der Waals surface area contributed by atoms with Crippen molar-refractivity contribution in [2.75, 3.05) is 14.2 Å². The molecule has 2 aromatic carbocycles. The number of ketones is 1. The number of para-hydroxylation sites is 1. The molecular weight excluding hydrogens is 272 g/mol. The third-order valence-corrected chi connectivity index (χ3v) is 3.15. The summed E-state index contributed by atoms with van der Waals surface area (Å²) in [5.41, 5.74) is 0.370. The predicted molar refractivity (Wildman–Crippen MR) is 76.9 cm³/mol. The van der Waals surface area contributed by atoms with Crippen LogP contribution >= 0.6 is 0 Å². The molecule has 0 bridgehead atoms. The first kappa shape index (κ1) is 14.9. The fourth-order valence-electron chi connectivity index (χ4n) is 2.01. The fraction of sp³-hybridized carbons (Fsp3) is 0.188. The van der Waals surface area contributed by atoms with Crippen molar-refractivity contribution in [1.29, 1.82) is 0 Å². The summed E-state index contributed by atoms with van der Waals surface area (Å²) in [6.45, 7) is 0. The maximum Gasteiger partial charge on any atom is 0.199 e. The van der Waals surface area contributed by atoms with Crippen LogP contribution in [0.5, 0.6) is 17.2 Å². The number of aliphatic hydroxyl groups excluding tert-OH is 1. The minimum absolute atomic E-state index is 0.0582. The van der Waals surface area contributed by atoms with E-state index in [0.29, 0.717) is 17.1 Å². The second-order valence-electron chi connectivity index (χ2n) is 4.39. The standard InChI is InChI=1S/C16H16O5/c1-20-10-7-8-12(14(9-10)21-2)16(19)15(18)11-5-3-4-6-13(11)17/h3-9,16-17,19H,1-2H3. The summed E-state index contributed by atoms with van der Waals surface area (Å²) in [6.07, 6.45) is -1.43. The molecule has 2 rings (SSSR count). The van der Waals surface area contributed by atoms with E-state index in [1.54, 1.807) is 30.3 Å². The molecule has 2 aromatic rings. The summed E-state index contributed by atoms with van der Waals surface area (Å²) in [4.78, 5) is 12.3. The number of Topliss-reactive ketones (excluding diaryl/α,β-unsaturated/α-hetero) is 1. The Bertz CT molecular complexity index is 651. The van der Waals surface area contributed by atoms with Gasteiger partial charge in [-0.15, -0.1) is 0 Å². The monoisotopic (exact) mass is 288 g/mol. The molecule has 0 saturated heterocycles. The van der Waals surface area contributed by atoms with Crippen molar-refractivity contribution in [2.24, 2.45) is 0 Å². The van der Waals surface area contributed by atoms with Crippen LogP contribution in [0.4, 0.5) is 0 Å². The van der Waals surface area contributed by atoms with Crippen molar-refractivity contribution in [3.8, 4) is 17.2 Å². The van der Waals surface area contributed by atoms with Gasteiger partial charge >= 0.3 is 0 Å². The summed E-state index contributed by atoms with van der Waals surface area (Å²) in [7, 11) is 2.95. The van der Waals surface area contributed by atoms with Crippen LogP contribution in [0, 0.1) is 0 Å². The average molecular weight is 288 g/mol. The lowest BCUT2D eigenvalue weighted by Gasteiger charge is -2.15. The molecule has 0 amide bonds. The number of carbonyl (C=O) groups is 1. The second kappa shape index (κ2) is 6.28. The van der Waals surface area contributed by atoms with Crippen LogP contribution in [-0.2, 0) is 0 Å². The minimum Gasteiger partial charge on any atom is -0.507 e. The highest BCUT2D eigenvalue weighted by Crippen LogP contribution is 2.32. The first-order chi connectivity index (χ1) is 10.1. The van der Waals surface area contributed by atoms with Crippen molar-refractivity contribution in [2.45, 2.75) is 6.10 Å². The van der Waals surface area contributed by atoms with E-state index in [4.69, 9.17) is 9.47 Å². The number of phenols is 1. The van der Waals surface area contributed by atoms with E-state index in [-0.39, 0.29) is 11.3 Å². The van der Waals surface area contributed by atoms with Gasteiger partial charge in [-0.05, 0) is 24.3 Å². The van der Waals surface area contributed by atoms with Gasteiger partial charge in [-0.1, -0.05) is 12.1 Å². The van der Waals surface area contributed by atoms with Gasteiger partial charge in [0.2, 0.25) is 0 Å². The Balaban J connectivity index is 2.38. The molecule has 0 radical (unpaired) electrons. The highest BCUT2D eigenvalue weighted by molar-refractivity contribution is 6.02. The molecule has 2 N–H and O–H groups in total. The quantitative estimate of drug-likeness (QED) is 0.826. The van der Waals surface area contributed by atoms with Crippen molar-refractivity contribution in [3.05, 3.63) is 53.6 Å². The molecule has 0 aliphatic heterocycles. The highest BCUT2D eigenvalue weighted by atomic mass is 16.5. The van der Waals surface area contributed by atoms with E-state index in [1.165, 1.54) is 26.4 Å². The third kappa shape index (κ3) is 2.98. The Morgan fingerprint density at radius 1 is 1.10 bits per heavy atom. The van der Waals surface area contributed by atoms with Crippen LogP contribution in [-0.4, -0.2) is 30.2 Å². The largest absolute Gasteiger partial charge is 0.507 e. The highest BCUT2D eigenvalue weighted by Gasteiger charge is 2.24. The Kier molecular flexibility index (Phi) is 4.45. The summed E-state index contributed by atoms with van der Waals surface area (Å²) < 4.78 is 10.2. The molecule has 1 atom stereocenters. The lowest BCUT2D eigenvalue weighted by Crippen LogP contribution is -2.13. The zero-order chi connectivity index (χ0) is 15.4. The molecule has 0 fully saturated rings. The van der Waals surface area contributed by atoms with Crippen molar-refractivity contribution in [1.82, 2.24) is 0 Å². The first-order valence-electron chi connectivity index (χ1n) is 6.30. The molecule has 0 heterocycles. The lowest BCUT2D eigenvalue weighted by atomic mass is 9.98. The van der Waals surface area contributed by atoms with E-state index in [0.717, 1.165) is 0 Å². The van der Waals surface area contributed by atoms with E-state index in [1.807, 2.05) is 0 Å². The van der Waals surface area contributed by atoms with Crippen LogP contribution < -0.4 is 9.47 Å². The van der Waals surface area contributed by atoms with Gasteiger partial charge in [-0.2, -0.15) is 0 Å². The molecule has 0 saturated carbocycles. The number of hydrogen-bond acceptors (Lipinski definition) is 5. The molecule has 0 aliphatic carbocycles. The maximum absolute atomic E-state index is 12.3. The van der Waals surface area contributed by atoms with Gasteiger partial charge in [-0.3, -0.25) is 4.79 Å². The van der Waals surface area contributed by atoms with Crippen LogP contribution in [0.1, 0.15) is 22.0 Å². The summed E-state index contributed by atoms with van der Waals surface area (Å²) in [5.74, 6) is 0.119. The Morgan fingerprint density at radius 3 is 2.43 bits per heavy atom. The zero-order valence-electron chi connectivity index (χ0n) is 11.7. The molecule has 0 aromatic heterocycles. The van der Waals surface area contributed by atoms with Crippen molar-refractivity contribution < 1.29 is 24.5 Å². The lowest BCUT2D eigenvalue weighted by molar-refractivity contribution is 0.0739. The average Bonchev–Trinajstić information content (AvgIpc) is 2.53. The van der Waals surface area contributed by atoms with Crippen LogP contribution in [0.2, 0.25) is 0 Å². The van der Waals surface area contributed by atoms with E-state index in [9.17, 15) is 15.0 Å². The summed E-state index contributed by atoms with van der Waals surface area (Å²) in [5, 5.41) is 20.0. The number of benzene rings is 2. The van der Waals surface area contributed by atoms with Crippen molar-refractivity contribution >= 4 is 5.78 Å². The van der Waals surface area contributed by atoms with Crippen LogP contribution in [0.15, 0.2) is 42.5 Å². The smallest absolute Gasteiger partial charge is 0.199 e. The fourth-order valence-corrected chi connectivity index (χ4v) is 2.01.